The zero-order chi connectivity index (χ0) is 12.8. The molecule has 0 amide bonds. The summed E-state index contributed by atoms with van der Waals surface area (Å²) in [5, 5.41) is 7.00. The molecule has 100 valence electrons. The predicted octanol–water partition coefficient (Wildman–Crippen LogP) is 2.90. The second kappa shape index (κ2) is 6.91. The predicted molar refractivity (Wildman–Crippen MR) is 77.8 cm³/mol. The van der Waals surface area contributed by atoms with Gasteiger partial charge in [0.1, 0.15) is 0 Å². The van der Waals surface area contributed by atoms with Crippen molar-refractivity contribution in [2.24, 2.45) is 5.92 Å². The molecule has 0 radical (unpaired) electrons. The molecule has 1 aliphatic rings. The summed E-state index contributed by atoms with van der Waals surface area (Å²) in [5.41, 5.74) is 2.82. The van der Waals surface area contributed by atoms with Crippen LogP contribution in [0.4, 0.5) is 0 Å². The minimum atomic E-state index is 0.627. The van der Waals surface area contributed by atoms with Gasteiger partial charge in [-0.3, -0.25) is 0 Å². The Balaban J connectivity index is 1.72. The minimum Gasteiger partial charge on any atom is -0.317 e. The summed E-state index contributed by atoms with van der Waals surface area (Å²) in [4.78, 5) is 0. The molecule has 1 heterocycles. The minimum absolute atomic E-state index is 0.627. The van der Waals surface area contributed by atoms with Crippen LogP contribution in [-0.4, -0.2) is 19.6 Å². The Bertz CT molecular complexity index is 337. The third kappa shape index (κ3) is 4.11. The third-order valence-corrected chi connectivity index (χ3v) is 3.87. The standard InChI is InChI=1S/C16H26N2/c1-13(2)16-5-3-14(4-6-16)11-18-12-15-7-9-17-10-8-15/h3-6,13,15,17-18H,7-12H2,1-2H3. The van der Waals surface area contributed by atoms with E-state index in [1.165, 1.54) is 37.1 Å². The van der Waals surface area contributed by atoms with Crippen molar-refractivity contribution < 1.29 is 0 Å². The summed E-state index contributed by atoms with van der Waals surface area (Å²) in [6.07, 6.45) is 2.64. The summed E-state index contributed by atoms with van der Waals surface area (Å²) in [6.45, 7) is 9.02. The largest absolute Gasteiger partial charge is 0.317 e. The lowest BCUT2D eigenvalue weighted by Gasteiger charge is -2.22. The molecule has 2 nitrogen and oxygen atoms in total. The van der Waals surface area contributed by atoms with Crippen LogP contribution in [0.3, 0.4) is 0 Å². The lowest BCUT2D eigenvalue weighted by atomic mass is 9.98. The number of rotatable bonds is 5. The summed E-state index contributed by atoms with van der Waals surface area (Å²) in [6, 6.07) is 9.02. The summed E-state index contributed by atoms with van der Waals surface area (Å²) in [5.74, 6) is 1.49. The summed E-state index contributed by atoms with van der Waals surface area (Å²) >= 11 is 0. The van der Waals surface area contributed by atoms with Crippen molar-refractivity contribution in [1.29, 1.82) is 0 Å². The molecule has 1 saturated heterocycles. The Kier molecular flexibility index (Phi) is 5.21. The van der Waals surface area contributed by atoms with E-state index >= 15 is 0 Å². The van der Waals surface area contributed by atoms with E-state index in [0.29, 0.717) is 5.92 Å². The molecular weight excluding hydrogens is 220 g/mol. The molecule has 1 fully saturated rings. The van der Waals surface area contributed by atoms with Gasteiger partial charge in [-0.25, -0.2) is 0 Å². The van der Waals surface area contributed by atoms with Gasteiger partial charge in [0.2, 0.25) is 0 Å². The first-order valence-electron chi connectivity index (χ1n) is 7.26. The lowest BCUT2D eigenvalue weighted by molar-refractivity contribution is 0.356. The zero-order valence-corrected chi connectivity index (χ0v) is 11.7. The van der Waals surface area contributed by atoms with Crippen molar-refractivity contribution in [2.75, 3.05) is 19.6 Å². The van der Waals surface area contributed by atoms with Crippen LogP contribution in [0.2, 0.25) is 0 Å². The molecule has 18 heavy (non-hydrogen) atoms. The number of hydrogen-bond donors (Lipinski definition) is 2. The van der Waals surface area contributed by atoms with Gasteiger partial charge in [-0.05, 0) is 55.4 Å². The van der Waals surface area contributed by atoms with Gasteiger partial charge in [0.15, 0.2) is 0 Å². The Morgan fingerprint density at radius 2 is 1.83 bits per heavy atom. The topological polar surface area (TPSA) is 24.1 Å². The maximum absolute atomic E-state index is 3.59. The van der Waals surface area contributed by atoms with Crippen molar-refractivity contribution in [3.8, 4) is 0 Å². The van der Waals surface area contributed by atoms with E-state index < -0.39 is 0 Å². The van der Waals surface area contributed by atoms with Crippen molar-refractivity contribution in [2.45, 2.75) is 39.2 Å². The Hall–Kier alpha value is -0.860. The SMILES string of the molecule is CC(C)c1ccc(CNCC2CCNCC2)cc1. The molecule has 2 N–H and O–H groups in total. The van der Waals surface area contributed by atoms with E-state index in [2.05, 4.69) is 48.7 Å². The second-order valence-corrected chi connectivity index (χ2v) is 5.72. The van der Waals surface area contributed by atoms with Crippen LogP contribution >= 0.6 is 0 Å². The number of hydrogen-bond acceptors (Lipinski definition) is 2. The fraction of sp³-hybridized carbons (Fsp3) is 0.625. The van der Waals surface area contributed by atoms with Crippen LogP contribution in [0, 0.1) is 5.92 Å². The average molecular weight is 246 g/mol. The average Bonchev–Trinajstić information content (AvgIpc) is 2.40. The number of piperidine rings is 1. The maximum Gasteiger partial charge on any atom is 0.0205 e. The lowest BCUT2D eigenvalue weighted by Crippen LogP contribution is -2.33. The first-order chi connectivity index (χ1) is 8.75. The van der Waals surface area contributed by atoms with Gasteiger partial charge < -0.3 is 10.6 Å². The van der Waals surface area contributed by atoms with Gasteiger partial charge in [-0.1, -0.05) is 38.1 Å². The number of benzene rings is 1. The van der Waals surface area contributed by atoms with E-state index in [0.717, 1.165) is 19.0 Å². The quantitative estimate of drug-likeness (QED) is 0.835. The van der Waals surface area contributed by atoms with Crippen LogP contribution in [0.1, 0.15) is 43.7 Å². The Labute approximate surface area is 111 Å². The molecule has 0 aliphatic carbocycles. The highest BCUT2D eigenvalue weighted by molar-refractivity contribution is 5.24. The highest BCUT2D eigenvalue weighted by Gasteiger charge is 2.11. The fourth-order valence-electron chi connectivity index (χ4n) is 2.53. The fourth-order valence-corrected chi connectivity index (χ4v) is 2.53. The van der Waals surface area contributed by atoms with Crippen LogP contribution < -0.4 is 10.6 Å². The smallest absolute Gasteiger partial charge is 0.0205 e. The third-order valence-electron chi connectivity index (χ3n) is 3.87. The highest BCUT2D eigenvalue weighted by atomic mass is 14.9. The van der Waals surface area contributed by atoms with Gasteiger partial charge >= 0.3 is 0 Å². The van der Waals surface area contributed by atoms with Crippen LogP contribution in [0.5, 0.6) is 0 Å². The molecule has 1 aliphatic heterocycles. The molecule has 0 spiro atoms. The molecular formula is C16H26N2. The molecule has 1 aromatic carbocycles. The van der Waals surface area contributed by atoms with Crippen molar-refractivity contribution in [3.05, 3.63) is 35.4 Å². The molecule has 1 aromatic rings. The molecule has 0 unspecified atom stereocenters. The Morgan fingerprint density at radius 1 is 1.17 bits per heavy atom. The van der Waals surface area contributed by atoms with Crippen molar-refractivity contribution in [3.63, 3.8) is 0 Å². The molecule has 0 atom stereocenters. The van der Waals surface area contributed by atoms with Crippen LogP contribution in [0.25, 0.3) is 0 Å². The zero-order valence-electron chi connectivity index (χ0n) is 11.7. The van der Waals surface area contributed by atoms with E-state index in [9.17, 15) is 0 Å². The van der Waals surface area contributed by atoms with Gasteiger partial charge in [0.25, 0.3) is 0 Å². The van der Waals surface area contributed by atoms with Crippen molar-refractivity contribution in [1.82, 2.24) is 10.6 Å². The first kappa shape index (κ1) is 13.6. The molecule has 0 aromatic heterocycles. The van der Waals surface area contributed by atoms with Gasteiger partial charge in [0.05, 0.1) is 0 Å². The normalized spacial score (nSPS) is 17.3. The molecule has 2 rings (SSSR count). The number of nitrogens with one attached hydrogen (secondary N) is 2. The van der Waals surface area contributed by atoms with Crippen LogP contribution in [0.15, 0.2) is 24.3 Å². The summed E-state index contributed by atoms with van der Waals surface area (Å²) < 4.78 is 0. The maximum atomic E-state index is 3.59. The van der Waals surface area contributed by atoms with Crippen molar-refractivity contribution >= 4 is 0 Å². The van der Waals surface area contributed by atoms with E-state index in [4.69, 9.17) is 0 Å². The van der Waals surface area contributed by atoms with Gasteiger partial charge in [0, 0.05) is 6.54 Å². The Morgan fingerprint density at radius 3 is 2.44 bits per heavy atom. The summed E-state index contributed by atoms with van der Waals surface area (Å²) in [7, 11) is 0. The first-order valence-corrected chi connectivity index (χ1v) is 7.26. The second-order valence-electron chi connectivity index (χ2n) is 5.72. The van der Waals surface area contributed by atoms with E-state index in [1.54, 1.807) is 0 Å². The highest BCUT2D eigenvalue weighted by Crippen LogP contribution is 2.15. The van der Waals surface area contributed by atoms with E-state index in [1.807, 2.05) is 0 Å². The monoisotopic (exact) mass is 246 g/mol. The molecule has 0 bridgehead atoms. The molecule has 2 heteroatoms. The molecule has 0 saturated carbocycles. The van der Waals surface area contributed by atoms with Gasteiger partial charge in [-0.2, -0.15) is 0 Å². The van der Waals surface area contributed by atoms with Gasteiger partial charge in [-0.15, -0.1) is 0 Å². The van der Waals surface area contributed by atoms with E-state index in [-0.39, 0.29) is 0 Å². The van der Waals surface area contributed by atoms with Crippen LogP contribution in [-0.2, 0) is 6.54 Å².